The number of aromatic nitrogens is 4. The number of nitrogens with zero attached hydrogens (tertiary/aromatic N) is 5. The van der Waals surface area contributed by atoms with E-state index in [0.29, 0.717) is 16.7 Å². The molecular weight excluding hydrogens is 443 g/mol. The third-order valence-electron chi connectivity index (χ3n) is 5.28. The molecule has 164 valence electrons. The van der Waals surface area contributed by atoms with Gasteiger partial charge in [-0.1, -0.05) is 65.2 Å². The maximum atomic E-state index is 13.5. The van der Waals surface area contributed by atoms with Gasteiger partial charge in [0.05, 0.1) is 5.70 Å². The number of hydrogen-bond acceptors (Lipinski definition) is 5. The van der Waals surface area contributed by atoms with Crippen LogP contribution in [0.5, 0.6) is 0 Å². The number of rotatable bonds is 5. The Bertz CT molecular complexity index is 1320. The second-order valence-corrected chi connectivity index (χ2v) is 7.92. The summed E-state index contributed by atoms with van der Waals surface area (Å²) in [5, 5.41) is 15.6. The fraction of sp³-hybridized carbons (Fsp3) is 0.0833. The first-order chi connectivity index (χ1) is 16.1. The maximum absolute atomic E-state index is 13.5. The summed E-state index contributed by atoms with van der Waals surface area (Å²) in [6.45, 7) is -0.0765. The molecule has 1 aliphatic rings. The minimum absolute atomic E-state index is 0.0765. The first-order valence-electron chi connectivity index (χ1n) is 10.2. The van der Waals surface area contributed by atoms with Gasteiger partial charge in [0.25, 0.3) is 5.95 Å². The first-order valence-corrected chi connectivity index (χ1v) is 10.6. The molecule has 0 aliphatic carbocycles. The van der Waals surface area contributed by atoms with Crippen LogP contribution in [0.2, 0.25) is 5.02 Å². The summed E-state index contributed by atoms with van der Waals surface area (Å²) in [6.07, 6.45) is 2.01. The summed E-state index contributed by atoms with van der Waals surface area (Å²) < 4.78 is 15.2. The van der Waals surface area contributed by atoms with Crippen molar-refractivity contribution < 1.29 is 9.18 Å². The molecule has 0 spiro atoms. The van der Waals surface area contributed by atoms with Gasteiger partial charge in [0, 0.05) is 10.7 Å². The summed E-state index contributed by atoms with van der Waals surface area (Å²) in [5.74, 6) is -0.346. The molecule has 1 aliphatic heterocycles. The highest BCUT2D eigenvalue weighted by Crippen LogP contribution is 2.36. The van der Waals surface area contributed by atoms with E-state index in [1.54, 1.807) is 27.8 Å². The van der Waals surface area contributed by atoms with E-state index in [4.69, 9.17) is 11.6 Å². The molecular formula is C24H18ClFN6O. The average molecular weight is 461 g/mol. The summed E-state index contributed by atoms with van der Waals surface area (Å²) in [6, 6.07) is 22.7. The summed E-state index contributed by atoms with van der Waals surface area (Å²) in [5.41, 5.74) is 2.99. The normalized spacial score (nSPS) is 15.0. The van der Waals surface area contributed by atoms with E-state index >= 15 is 0 Å². The highest BCUT2D eigenvalue weighted by molar-refractivity contribution is 6.30. The Morgan fingerprint density at radius 3 is 2.58 bits per heavy atom. The van der Waals surface area contributed by atoms with Gasteiger partial charge in [-0.25, -0.2) is 4.39 Å². The largest absolute Gasteiger partial charge is 0.324 e. The molecule has 0 unspecified atom stereocenters. The van der Waals surface area contributed by atoms with Crippen LogP contribution in [-0.2, 0) is 4.79 Å². The molecule has 1 N–H and O–H groups in total. The fourth-order valence-electron chi connectivity index (χ4n) is 3.79. The Labute approximate surface area is 194 Å². The van der Waals surface area contributed by atoms with Crippen LogP contribution in [0.3, 0.4) is 0 Å². The van der Waals surface area contributed by atoms with Gasteiger partial charge < -0.3 is 5.32 Å². The number of halogens is 2. The zero-order valence-electron chi connectivity index (χ0n) is 17.3. The molecule has 3 aromatic carbocycles. The van der Waals surface area contributed by atoms with E-state index in [-0.39, 0.29) is 18.5 Å². The molecule has 7 nitrogen and oxygen atoms in total. The van der Waals surface area contributed by atoms with E-state index in [2.05, 4.69) is 20.8 Å². The van der Waals surface area contributed by atoms with E-state index in [0.717, 1.165) is 16.8 Å². The van der Waals surface area contributed by atoms with Crippen molar-refractivity contribution in [2.24, 2.45) is 0 Å². The number of fused-ring (bicyclic) bond motifs is 1. The zero-order chi connectivity index (χ0) is 22.8. The molecule has 0 radical (unpaired) electrons. The molecule has 33 heavy (non-hydrogen) atoms. The van der Waals surface area contributed by atoms with Crippen LogP contribution < -0.4 is 10.2 Å². The van der Waals surface area contributed by atoms with Crippen LogP contribution in [0.25, 0.3) is 5.70 Å². The topological polar surface area (TPSA) is 75.9 Å². The van der Waals surface area contributed by atoms with Gasteiger partial charge >= 0.3 is 0 Å². The van der Waals surface area contributed by atoms with Gasteiger partial charge in [0.2, 0.25) is 5.91 Å². The molecule has 4 aromatic rings. The molecule has 1 aromatic heterocycles. The number of benzene rings is 3. The quantitative estimate of drug-likeness (QED) is 0.472. The third kappa shape index (κ3) is 4.33. The third-order valence-corrected chi connectivity index (χ3v) is 5.53. The summed E-state index contributed by atoms with van der Waals surface area (Å²) in [7, 11) is 0. The number of carbonyl (C=O) groups is 1. The Morgan fingerprint density at radius 2 is 1.82 bits per heavy atom. The Hall–Kier alpha value is -4.04. The van der Waals surface area contributed by atoms with Crippen molar-refractivity contribution in [1.82, 2.24) is 20.2 Å². The lowest BCUT2D eigenvalue weighted by Gasteiger charge is -2.32. The molecule has 0 bridgehead atoms. The maximum Gasteiger partial charge on any atom is 0.251 e. The van der Waals surface area contributed by atoms with Gasteiger partial charge in [-0.15, -0.1) is 0 Å². The summed E-state index contributed by atoms with van der Waals surface area (Å²) in [4.78, 5) is 14.6. The molecule has 1 atom stereocenters. The van der Waals surface area contributed by atoms with Crippen molar-refractivity contribution in [3.63, 3.8) is 0 Å². The van der Waals surface area contributed by atoms with Gasteiger partial charge in [-0.3, -0.25) is 9.69 Å². The van der Waals surface area contributed by atoms with Gasteiger partial charge in [-0.2, -0.15) is 4.68 Å². The van der Waals surface area contributed by atoms with E-state index in [9.17, 15) is 9.18 Å². The lowest BCUT2D eigenvalue weighted by molar-refractivity contribution is -0.114. The monoisotopic (exact) mass is 460 g/mol. The predicted molar refractivity (Wildman–Crippen MR) is 124 cm³/mol. The van der Waals surface area contributed by atoms with E-state index in [1.165, 1.54) is 18.2 Å². The van der Waals surface area contributed by atoms with Crippen LogP contribution in [0, 0.1) is 5.82 Å². The molecule has 1 amide bonds. The molecule has 2 heterocycles. The Morgan fingerprint density at radius 1 is 1.03 bits per heavy atom. The summed E-state index contributed by atoms with van der Waals surface area (Å²) >= 11 is 6.10. The second-order valence-electron chi connectivity index (χ2n) is 7.48. The smallest absolute Gasteiger partial charge is 0.251 e. The van der Waals surface area contributed by atoms with Crippen molar-refractivity contribution in [2.45, 2.75) is 6.04 Å². The van der Waals surface area contributed by atoms with Crippen molar-refractivity contribution in [3.05, 3.63) is 107 Å². The number of amides is 1. The number of nitrogens with one attached hydrogen (secondary N) is 1. The fourth-order valence-corrected chi connectivity index (χ4v) is 3.92. The van der Waals surface area contributed by atoms with Crippen LogP contribution >= 0.6 is 11.6 Å². The standard InChI is InChI=1S/C24H18ClFN6O/c25-18-11-9-17(10-12-18)21-14-22(16-5-2-1-3-6-16)32-24(28-29-30-32)31(21)15-23(33)27-20-8-4-7-19(26)13-20/h1-14,22H,15H2,(H,27,33)/t22-/m1/s1. The van der Waals surface area contributed by atoms with Crippen molar-refractivity contribution in [2.75, 3.05) is 16.8 Å². The molecule has 5 rings (SSSR count). The van der Waals surface area contributed by atoms with Crippen LogP contribution in [0.4, 0.5) is 16.0 Å². The van der Waals surface area contributed by atoms with E-state index < -0.39 is 5.82 Å². The number of anilines is 2. The molecule has 9 heteroatoms. The highest BCUT2D eigenvalue weighted by Gasteiger charge is 2.31. The van der Waals surface area contributed by atoms with E-state index in [1.807, 2.05) is 48.5 Å². The number of allylic oxidation sites excluding steroid dienone is 1. The van der Waals surface area contributed by atoms with Gasteiger partial charge in [-0.05, 0) is 58.0 Å². The number of tetrazole rings is 1. The average Bonchev–Trinajstić information content (AvgIpc) is 3.31. The molecule has 0 saturated heterocycles. The van der Waals surface area contributed by atoms with Crippen LogP contribution in [0.15, 0.2) is 84.9 Å². The second kappa shape index (κ2) is 8.84. The van der Waals surface area contributed by atoms with Crippen molar-refractivity contribution in [3.8, 4) is 0 Å². The number of carbonyl (C=O) groups excluding carboxylic acids is 1. The van der Waals surface area contributed by atoms with Gasteiger partial charge in [0.15, 0.2) is 0 Å². The van der Waals surface area contributed by atoms with Crippen molar-refractivity contribution in [1.29, 1.82) is 0 Å². The lowest BCUT2D eigenvalue weighted by atomic mass is 10.0. The Balaban J connectivity index is 1.53. The van der Waals surface area contributed by atoms with Gasteiger partial charge in [0.1, 0.15) is 18.4 Å². The highest BCUT2D eigenvalue weighted by atomic mass is 35.5. The van der Waals surface area contributed by atoms with Crippen LogP contribution in [0.1, 0.15) is 17.2 Å². The molecule has 0 saturated carbocycles. The van der Waals surface area contributed by atoms with Crippen LogP contribution in [-0.4, -0.2) is 32.7 Å². The molecule has 0 fully saturated rings. The minimum Gasteiger partial charge on any atom is -0.324 e. The van der Waals surface area contributed by atoms with Crippen molar-refractivity contribution >= 4 is 34.8 Å². The zero-order valence-corrected chi connectivity index (χ0v) is 18.0. The SMILES string of the molecule is O=C(CN1C(c2ccc(Cl)cc2)=C[C@H](c2ccccc2)n2nnnc21)Nc1cccc(F)c1. The minimum atomic E-state index is -0.429. The first kappa shape index (κ1) is 20.8. The number of hydrogen-bond donors (Lipinski definition) is 1. The predicted octanol–water partition coefficient (Wildman–Crippen LogP) is 4.55. The Kier molecular flexibility index (Phi) is 5.58. The lowest BCUT2D eigenvalue weighted by Crippen LogP contribution is -2.37.